The number of nitrogens with zero attached hydrogens (tertiary/aromatic N) is 6. The molecule has 170 valence electrons. The monoisotopic (exact) mass is 454 g/mol. The third-order valence-corrected chi connectivity index (χ3v) is 6.35. The molecule has 1 aliphatic carbocycles. The van der Waals surface area contributed by atoms with Crippen molar-refractivity contribution in [3.63, 3.8) is 0 Å². The van der Waals surface area contributed by atoms with Gasteiger partial charge >= 0.3 is 5.69 Å². The van der Waals surface area contributed by atoms with E-state index in [1.54, 1.807) is 0 Å². The summed E-state index contributed by atoms with van der Waals surface area (Å²) in [6.07, 6.45) is 2.12. The van der Waals surface area contributed by atoms with Gasteiger partial charge in [0.25, 0.3) is 5.56 Å². The Morgan fingerprint density at radius 2 is 1.76 bits per heavy atom. The van der Waals surface area contributed by atoms with Crippen molar-refractivity contribution >= 4 is 11.2 Å². The van der Waals surface area contributed by atoms with E-state index in [9.17, 15) is 9.59 Å². The molecule has 1 aliphatic rings. The number of aromatic amines is 2. The van der Waals surface area contributed by atoms with Gasteiger partial charge in [0.05, 0.1) is 0 Å². The van der Waals surface area contributed by atoms with Crippen LogP contribution in [-0.4, -0.2) is 39.7 Å². The van der Waals surface area contributed by atoms with Gasteiger partial charge in [-0.1, -0.05) is 48.5 Å². The topological polar surface area (TPSA) is 127 Å². The minimum absolute atomic E-state index is 0.280. The molecule has 0 atom stereocenters. The zero-order valence-electron chi connectivity index (χ0n) is 18.5. The van der Waals surface area contributed by atoms with E-state index in [-0.39, 0.29) is 11.2 Å². The highest BCUT2D eigenvalue weighted by molar-refractivity contribution is 5.80. The summed E-state index contributed by atoms with van der Waals surface area (Å²) < 4.78 is 3.19. The molecule has 34 heavy (non-hydrogen) atoms. The number of nitrogens with one attached hydrogen (secondary N) is 2. The molecule has 0 saturated heterocycles. The summed E-state index contributed by atoms with van der Waals surface area (Å²) in [5.41, 5.74) is 4.07. The molecule has 0 amide bonds. The molecule has 0 spiro atoms. The van der Waals surface area contributed by atoms with E-state index in [1.165, 1.54) is 4.57 Å². The van der Waals surface area contributed by atoms with E-state index in [4.69, 9.17) is 0 Å². The fraction of sp³-hybridized carbons (Fsp3) is 0.250. The average Bonchev–Trinajstić information content (AvgIpc) is 3.39. The Labute approximate surface area is 193 Å². The first-order valence-electron chi connectivity index (χ1n) is 11.2. The number of aromatic nitrogens is 8. The van der Waals surface area contributed by atoms with Crippen LogP contribution in [0.25, 0.3) is 33.7 Å². The third kappa shape index (κ3) is 3.53. The third-order valence-electron chi connectivity index (χ3n) is 6.35. The second-order valence-corrected chi connectivity index (χ2v) is 8.72. The summed E-state index contributed by atoms with van der Waals surface area (Å²) in [6.45, 7) is 2.78. The Morgan fingerprint density at radius 3 is 2.47 bits per heavy atom. The van der Waals surface area contributed by atoms with E-state index in [1.807, 2.05) is 60.0 Å². The van der Waals surface area contributed by atoms with Crippen LogP contribution in [0.5, 0.6) is 0 Å². The predicted molar refractivity (Wildman–Crippen MR) is 126 cm³/mol. The number of aryl methyl sites for hydroxylation is 1. The number of hydrogen-bond donors (Lipinski definition) is 2. The number of benzene rings is 2. The lowest BCUT2D eigenvalue weighted by molar-refractivity contribution is 0.578. The molecule has 3 aromatic heterocycles. The number of rotatable bonds is 6. The maximum atomic E-state index is 13.2. The van der Waals surface area contributed by atoms with E-state index in [0.29, 0.717) is 41.8 Å². The largest absolute Gasteiger partial charge is 0.330 e. The normalized spacial score (nSPS) is 13.6. The van der Waals surface area contributed by atoms with Crippen LogP contribution in [0, 0.1) is 12.8 Å². The van der Waals surface area contributed by atoms with Crippen LogP contribution in [0.15, 0.2) is 58.1 Å². The smallest absolute Gasteiger partial charge is 0.318 e. The molecule has 2 aromatic carbocycles. The Hall–Kier alpha value is -4.34. The first kappa shape index (κ1) is 20.3. The van der Waals surface area contributed by atoms with Gasteiger partial charge in [0.2, 0.25) is 0 Å². The number of H-pyrrole nitrogens is 2. The molecule has 0 unspecified atom stereocenters. The Kier molecular flexibility index (Phi) is 4.72. The minimum Gasteiger partial charge on any atom is -0.318 e. The van der Waals surface area contributed by atoms with Crippen LogP contribution in [0.1, 0.15) is 24.2 Å². The molecule has 0 aliphatic heterocycles. The fourth-order valence-electron chi connectivity index (χ4n) is 4.36. The Morgan fingerprint density at radius 1 is 1.00 bits per heavy atom. The summed E-state index contributed by atoms with van der Waals surface area (Å²) >= 11 is 0. The zero-order valence-corrected chi connectivity index (χ0v) is 18.5. The Bertz CT molecular complexity index is 1610. The predicted octanol–water partition coefficient (Wildman–Crippen LogP) is 2.50. The molecule has 10 heteroatoms. The van der Waals surface area contributed by atoms with Crippen LogP contribution >= 0.6 is 0 Å². The van der Waals surface area contributed by atoms with Gasteiger partial charge in [0.1, 0.15) is 5.82 Å². The van der Waals surface area contributed by atoms with Crippen LogP contribution in [0.3, 0.4) is 0 Å². The second kappa shape index (κ2) is 7.91. The van der Waals surface area contributed by atoms with Crippen molar-refractivity contribution < 1.29 is 0 Å². The average molecular weight is 454 g/mol. The summed E-state index contributed by atoms with van der Waals surface area (Å²) in [5.74, 6) is 1.70. The van der Waals surface area contributed by atoms with Crippen molar-refractivity contribution in [2.75, 3.05) is 0 Å². The van der Waals surface area contributed by atoms with Gasteiger partial charge in [-0.25, -0.2) is 14.9 Å². The highest BCUT2D eigenvalue weighted by Crippen LogP contribution is 2.30. The first-order chi connectivity index (χ1) is 16.6. The maximum Gasteiger partial charge on any atom is 0.330 e. The van der Waals surface area contributed by atoms with Gasteiger partial charge in [-0.2, -0.15) is 0 Å². The summed E-state index contributed by atoms with van der Waals surface area (Å²) in [4.78, 5) is 32.8. The lowest BCUT2D eigenvalue weighted by atomic mass is 9.98. The molecule has 1 saturated carbocycles. The van der Waals surface area contributed by atoms with Crippen molar-refractivity contribution in [1.82, 2.24) is 39.7 Å². The van der Waals surface area contributed by atoms with Crippen molar-refractivity contribution in [2.45, 2.75) is 32.9 Å². The standard InChI is InChI=1S/C24H22N8O2/c1-14-25-22-20(23(33)32(24(34)26-22)13-15-6-7-15)31(14)12-16-8-10-17(11-9-16)18-4-2-3-5-19(18)21-27-29-30-28-21/h2-5,8-11,15H,6-7,12-13H2,1H3,(H,26,34)(H,27,28,29,30). The maximum absolute atomic E-state index is 13.2. The molecule has 5 aromatic rings. The minimum atomic E-state index is -0.390. The number of imidazole rings is 1. The van der Waals surface area contributed by atoms with Gasteiger partial charge in [-0.3, -0.25) is 14.3 Å². The zero-order chi connectivity index (χ0) is 23.2. The molecule has 3 heterocycles. The van der Waals surface area contributed by atoms with Gasteiger partial charge < -0.3 is 4.57 Å². The summed E-state index contributed by atoms with van der Waals surface area (Å²) in [7, 11) is 0. The quantitative estimate of drug-likeness (QED) is 0.406. The van der Waals surface area contributed by atoms with E-state index < -0.39 is 0 Å². The van der Waals surface area contributed by atoms with E-state index in [2.05, 4.69) is 30.6 Å². The van der Waals surface area contributed by atoms with E-state index in [0.717, 1.165) is 35.1 Å². The van der Waals surface area contributed by atoms with Crippen molar-refractivity contribution in [3.05, 3.63) is 80.8 Å². The van der Waals surface area contributed by atoms with Gasteiger partial charge in [-0.15, -0.1) is 5.10 Å². The number of hydrogen-bond acceptors (Lipinski definition) is 6. The molecule has 2 N–H and O–H groups in total. The lowest BCUT2D eigenvalue weighted by Gasteiger charge is -2.10. The summed E-state index contributed by atoms with van der Waals surface area (Å²) in [5, 5.41) is 14.2. The van der Waals surface area contributed by atoms with Crippen LogP contribution in [-0.2, 0) is 13.1 Å². The molecular weight excluding hydrogens is 432 g/mol. The molecular formula is C24H22N8O2. The SMILES string of the molecule is Cc1nc2[nH]c(=O)n(CC3CC3)c(=O)c2n1Cc1ccc(-c2ccccc2-c2nnn[nH]2)cc1. The summed E-state index contributed by atoms with van der Waals surface area (Å²) in [6, 6.07) is 16.1. The molecule has 10 nitrogen and oxygen atoms in total. The molecule has 6 rings (SSSR count). The molecule has 0 radical (unpaired) electrons. The fourth-order valence-corrected chi connectivity index (χ4v) is 4.36. The highest BCUT2D eigenvalue weighted by atomic mass is 16.2. The molecule has 1 fully saturated rings. The van der Waals surface area contributed by atoms with Gasteiger partial charge in [0.15, 0.2) is 17.0 Å². The van der Waals surface area contributed by atoms with Crippen LogP contribution in [0.4, 0.5) is 0 Å². The van der Waals surface area contributed by atoms with Crippen LogP contribution in [0.2, 0.25) is 0 Å². The van der Waals surface area contributed by atoms with Crippen molar-refractivity contribution in [1.29, 1.82) is 0 Å². The van der Waals surface area contributed by atoms with Crippen molar-refractivity contribution in [3.8, 4) is 22.5 Å². The van der Waals surface area contributed by atoms with Crippen molar-refractivity contribution in [2.24, 2.45) is 5.92 Å². The van der Waals surface area contributed by atoms with Gasteiger partial charge in [-0.05, 0) is 52.8 Å². The number of tetrazole rings is 1. The van der Waals surface area contributed by atoms with Crippen LogP contribution < -0.4 is 11.2 Å². The Balaban J connectivity index is 1.35. The number of fused-ring (bicyclic) bond motifs is 1. The molecule has 0 bridgehead atoms. The van der Waals surface area contributed by atoms with E-state index >= 15 is 0 Å². The second-order valence-electron chi connectivity index (χ2n) is 8.72. The first-order valence-corrected chi connectivity index (χ1v) is 11.2. The highest BCUT2D eigenvalue weighted by Gasteiger charge is 2.25. The lowest BCUT2D eigenvalue weighted by Crippen LogP contribution is -2.36. The van der Waals surface area contributed by atoms with Gasteiger partial charge in [0, 0.05) is 18.7 Å².